The minimum Gasteiger partial charge on any atom is -0.250 e. The van der Waals surface area contributed by atoms with Crippen molar-refractivity contribution < 1.29 is 13.2 Å². The number of fused-ring (bicyclic) bond motifs is 3. The van der Waals surface area contributed by atoms with Gasteiger partial charge in [-0.3, -0.25) is 0 Å². The number of alkyl halides is 3. The first-order valence-corrected chi connectivity index (χ1v) is 7.58. The van der Waals surface area contributed by atoms with Crippen LogP contribution in [0.2, 0.25) is 0 Å². The van der Waals surface area contributed by atoms with Gasteiger partial charge in [-0.05, 0) is 12.1 Å². The number of nitrogens with zero attached hydrogens (tertiary/aromatic N) is 4. The van der Waals surface area contributed by atoms with Crippen LogP contribution < -0.4 is 0 Å². The summed E-state index contributed by atoms with van der Waals surface area (Å²) in [4.78, 5) is 12.0. The summed E-state index contributed by atoms with van der Waals surface area (Å²) in [6.45, 7) is 6.99. The van der Waals surface area contributed by atoms with Crippen molar-refractivity contribution in [2.24, 2.45) is 5.10 Å². The lowest BCUT2D eigenvalue weighted by atomic mass is 10.1. The number of hydrogen-bond donors (Lipinski definition) is 0. The van der Waals surface area contributed by atoms with Crippen LogP contribution in [0.1, 0.15) is 16.8 Å². The Morgan fingerprint density at radius 1 is 0.923 bits per heavy atom. The average molecular weight is 350 g/mol. The fourth-order valence-corrected chi connectivity index (χ4v) is 2.89. The minimum atomic E-state index is -4.38. The Balaban J connectivity index is 1.83. The molecule has 1 aliphatic rings. The van der Waals surface area contributed by atoms with Crippen molar-refractivity contribution in [3.05, 3.63) is 83.1 Å². The summed E-state index contributed by atoms with van der Waals surface area (Å²) in [7, 11) is 0. The first-order chi connectivity index (χ1) is 12.5. The van der Waals surface area contributed by atoms with Crippen molar-refractivity contribution in [3.8, 4) is 22.5 Å². The third kappa shape index (κ3) is 2.52. The Kier molecular flexibility index (Phi) is 3.55. The van der Waals surface area contributed by atoms with Crippen LogP contribution >= 0.6 is 0 Å². The van der Waals surface area contributed by atoms with E-state index in [1.165, 1.54) is 18.3 Å². The van der Waals surface area contributed by atoms with E-state index >= 15 is 0 Å². The van der Waals surface area contributed by atoms with Crippen LogP contribution in [0.3, 0.4) is 0 Å². The summed E-state index contributed by atoms with van der Waals surface area (Å²) in [5, 5.41) is 3.83. The molecule has 4 nitrogen and oxygen atoms in total. The van der Waals surface area contributed by atoms with E-state index in [4.69, 9.17) is 6.57 Å². The van der Waals surface area contributed by atoms with Gasteiger partial charge in [0.15, 0.2) is 5.71 Å². The Hall–Kier alpha value is -3.53. The molecule has 3 aromatic rings. The van der Waals surface area contributed by atoms with E-state index in [-0.39, 0.29) is 0 Å². The second-order valence-corrected chi connectivity index (χ2v) is 5.62. The largest absolute Gasteiger partial charge is 0.416 e. The first kappa shape index (κ1) is 16.0. The molecule has 0 amide bonds. The molecule has 0 spiro atoms. The highest BCUT2D eigenvalue weighted by Crippen LogP contribution is 2.36. The predicted octanol–water partition coefficient (Wildman–Crippen LogP) is 4.81. The zero-order valence-corrected chi connectivity index (χ0v) is 13.1. The average Bonchev–Trinajstić information content (AvgIpc) is 2.95. The molecule has 126 valence electrons. The van der Waals surface area contributed by atoms with E-state index in [1.807, 2.05) is 24.3 Å². The third-order valence-electron chi connectivity index (χ3n) is 4.09. The van der Waals surface area contributed by atoms with Gasteiger partial charge in [0.05, 0.1) is 28.2 Å². The van der Waals surface area contributed by atoms with Gasteiger partial charge in [0.1, 0.15) is 5.69 Å². The first-order valence-electron chi connectivity index (χ1n) is 7.58. The molecule has 0 radical (unpaired) electrons. The molecule has 0 fully saturated rings. The molecule has 2 aromatic carbocycles. The standard InChI is InChI=1S/C19H9F3N4/c1-23-26-17-14-5-3-2-4-13(14)16-18(17)24-10-15(25-16)11-6-8-12(9-7-11)19(20,21)22/h2-10H. The maximum atomic E-state index is 12.7. The van der Waals surface area contributed by atoms with Crippen LogP contribution in [-0.4, -0.2) is 15.7 Å². The van der Waals surface area contributed by atoms with Crippen LogP contribution in [0.15, 0.2) is 59.8 Å². The molecular weight excluding hydrogens is 341 g/mol. The number of rotatable bonds is 1. The van der Waals surface area contributed by atoms with E-state index in [0.29, 0.717) is 28.4 Å². The topological polar surface area (TPSA) is 42.5 Å². The Morgan fingerprint density at radius 2 is 1.62 bits per heavy atom. The SMILES string of the molecule is [C-]#[N+]N=C1c2ccccc2-c2nc(-c3ccc(C(F)(F)F)cc3)cnc21. The molecule has 0 saturated carbocycles. The van der Waals surface area contributed by atoms with Gasteiger partial charge in [0, 0.05) is 16.7 Å². The molecule has 0 N–H and O–H groups in total. The summed E-state index contributed by atoms with van der Waals surface area (Å²) in [6.07, 6.45) is -2.90. The maximum absolute atomic E-state index is 12.7. The molecule has 7 heteroatoms. The molecule has 1 heterocycles. The molecular formula is C19H9F3N4. The normalized spacial score (nSPS) is 14.0. The summed E-state index contributed by atoms with van der Waals surface area (Å²) in [5.74, 6) is 0. The maximum Gasteiger partial charge on any atom is 0.416 e. The van der Waals surface area contributed by atoms with Crippen LogP contribution in [0.4, 0.5) is 13.2 Å². The molecule has 0 atom stereocenters. The van der Waals surface area contributed by atoms with E-state index in [0.717, 1.165) is 23.3 Å². The number of benzene rings is 2. The number of hydrogen-bond acceptors (Lipinski definition) is 3. The van der Waals surface area contributed by atoms with Gasteiger partial charge in [0.25, 0.3) is 0 Å². The molecule has 26 heavy (non-hydrogen) atoms. The second kappa shape index (κ2) is 5.77. The van der Waals surface area contributed by atoms with Crippen molar-refractivity contribution in [2.75, 3.05) is 0 Å². The van der Waals surface area contributed by atoms with Gasteiger partial charge in [-0.2, -0.15) is 19.7 Å². The zero-order valence-electron chi connectivity index (χ0n) is 13.1. The van der Waals surface area contributed by atoms with Gasteiger partial charge >= 0.3 is 6.18 Å². The summed E-state index contributed by atoms with van der Waals surface area (Å²) in [6, 6.07) is 12.1. The molecule has 4 rings (SSSR count). The minimum absolute atomic E-state index is 0.455. The molecule has 0 saturated heterocycles. The molecule has 1 aliphatic carbocycles. The van der Waals surface area contributed by atoms with Gasteiger partial charge < -0.3 is 0 Å². The zero-order chi connectivity index (χ0) is 18.3. The van der Waals surface area contributed by atoms with Gasteiger partial charge in [-0.1, -0.05) is 36.4 Å². The monoisotopic (exact) mass is 350 g/mol. The smallest absolute Gasteiger partial charge is 0.250 e. The van der Waals surface area contributed by atoms with Crippen LogP contribution in [0.25, 0.3) is 27.5 Å². The van der Waals surface area contributed by atoms with Gasteiger partial charge in [-0.25, -0.2) is 9.97 Å². The second-order valence-electron chi connectivity index (χ2n) is 5.62. The molecule has 0 aliphatic heterocycles. The Labute approximate surface area is 146 Å². The summed E-state index contributed by atoms with van der Waals surface area (Å²) in [5.41, 5.74) is 3.36. The lowest BCUT2D eigenvalue weighted by molar-refractivity contribution is -0.137. The highest BCUT2D eigenvalue weighted by atomic mass is 19.4. The lowest BCUT2D eigenvalue weighted by Gasteiger charge is -2.08. The van der Waals surface area contributed by atoms with Crippen LogP contribution in [-0.2, 0) is 6.18 Å². The number of aromatic nitrogens is 2. The third-order valence-corrected chi connectivity index (χ3v) is 4.09. The van der Waals surface area contributed by atoms with Crippen LogP contribution in [0, 0.1) is 6.57 Å². The highest BCUT2D eigenvalue weighted by Gasteiger charge is 2.31. The van der Waals surface area contributed by atoms with Crippen molar-refractivity contribution in [1.82, 2.24) is 9.97 Å². The van der Waals surface area contributed by atoms with E-state index in [1.54, 1.807) is 0 Å². The quantitative estimate of drug-likeness (QED) is 0.365. The summed E-state index contributed by atoms with van der Waals surface area (Å²) < 4.78 is 38.2. The van der Waals surface area contributed by atoms with Crippen LogP contribution in [0.5, 0.6) is 0 Å². The van der Waals surface area contributed by atoms with Crippen molar-refractivity contribution in [1.29, 1.82) is 0 Å². The van der Waals surface area contributed by atoms with Crippen molar-refractivity contribution in [3.63, 3.8) is 0 Å². The van der Waals surface area contributed by atoms with Gasteiger partial charge in [0.2, 0.25) is 0 Å². The Bertz CT molecular complexity index is 1080. The van der Waals surface area contributed by atoms with Crippen molar-refractivity contribution >= 4 is 5.71 Å². The molecule has 0 unspecified atom stereocenters. The Morgan fingerprint density at radius 3 is 2.27 bits per heavy atom. The fraction of sp³-hybridized carbons (Fsp3) is 0.0526. The van der Waals surface area contributed by atoms with E-state index in [2.05, 4.69) is 20.0 Å². The fourth-order valence-electron chi connectivity index (χ4n) is 2.89. The lowest BCUT2D eigenvalue weighted by Crippen LogP contribution is -2.04. The van der Waals surface area contributed by atoms with E-state index < -0.39 is 11.7 Å². The van der Waals surface area contributed by atoms with Crippen molar-refractivity contribution in [2.45, 2.75) is 6.18 Å². The van der Waals surface area contributed by atoms with Gasteiger partial charge in [-0.15, -0.1) is 4.95 Å². The molecule has 1 aromatic heterocycles. The number of halogens is 3. The summed E-state index contributed by atoms with van der Waals surface area (Å²) >= 11 is 0. The highest BCUT2D eigenvalue weighted by molar-refractivity contribution is 6.22. The van der Waals surface area contributed by atoms with E-state index in [9.17, 15) is 13.2 Å². The predicted molar refractivity (Wildman–Crippen MR) is 90.1 cm³/mol. The molecule has 0 bridgehead atoms.